The smallest absolute Gasteiger partial charge is 0.247 e. The van der Waals surface area contributed by atoms with Crippen molar-refractivity contribution < 1.29 is 19.2 Å². The molecule has 0 aromatic heterocycles. The molecule has 220 valence electrons. The van der Waals surface area contributed by atoms with E-state index in [2.05, 4.69) is 16.0 Å². The Hall–Kier alpha value is -3.72. The van der Waals surface area contributed by atoms with Gasteiger partial charge in [0.25, 0.3) is 0 Å². The van der Waals surface area contributed by atoms with Crippen molar-refractivity contribution in [2.24, 2.45) is 5.92 Å². The van der Waals surface area contributed by atoms with Crippen LogP contribution in [0.5, 0.6) is 0 Å². The molecule has 2 aliphatic heterocycles. The molecule has 0 aliphatic carbocycles. The van der Waals surface area contributed by atoms with E-state index in [1.54, 1.807) is 23.8 Å². The van der Waals surface area contributed by atoms with Crippen LogP contribution in [0.1, 0.15) is 63.6 Å². The summed E-state index contributed by atoms with van der Waals surface area (Å²) in [7, 11) is 1.71. The number of carbonyl (C=O) groups excluding carboxylic acids is 4. The molecule has 0 bridgehead atoms. The summed E-state index contributed by atoms with van der Waals surface area (Å²) in [5.41, 5.74) is 0.731. The summed E-state index contributed by atoms with van der Waals surface area (Å²) in [6.07, 6.45) is 1.73. The Balaban J connectivity index is 1.69. The Morgan fingerprint density at radius 3 is 2.10 bits per heavy atom. The highest BCUT2D eigenvalue weighted by molar-refractivity contribution is 5.96. The van der Waals surface area contributed by atoms with E-state index in [1.807, 2.05) is 74.5 Å². The van der Waals surface area contributed by atoms with E-state index in [4.69, 9.17) is 0 Å². The molecular formula is C32H43N5O4. The summed E-state index contributed by atoms with van der Waals surface area (Å²) in [4.78, 5) is 58.0. The van der Waals surface area contributed by atoms with Crippen molar-refractivity contribution in [2.75, 3.05) is 26.7 Å². The van der Waals surface area contributed by atoms with Crippen molar-refractivity contribution in [2.45, 2.75) is 70.1 Å². The van der Waals surface area contributed by atoms with Crippen molar-refractivity contribution in [3.63, 3.8) is 0 Å². The van der Waals surface area contributed by atoms with Crippen molar-refractivity contribution in [3.8, 4) is 0 Å². The van der Waals surface area contributed by atoms with Gasteiger partial charge in [-0.15, -0.1) is 0 Å². The number of nitrogens with one attached hydrogen (secondary N) is 3. The lowest BCUT2D eigenvalue weighted by Crippen LogP contribution is -2.66. The molecule has 9 heteroatoms. The third-order valence-corrected chi connectivity index (χ3v) is 8.26. The third kappa shape index (κ3) is 6.78. The molecule has 2 aromatic rings. The van der Waals surface area contributed by atoms with Gasteiger partial charge in [0.1, 0.15) is 11.6 Å². The Labute approximate surface area is 243 Å². The topological polar surface area (TPSA) is 111 Å². The van der Waals surface area contributed by atoms with Gasteiger partial charge in [0.15, 0.2) is 0 Å². The molecule has 2 aromatic carbocycles. The summed E-state index contributed by atoms with van der Waals surface area (Å²) in [5.74, 6) is -0.859. The highest BCUT2D eigenvalue weighted by Crippen LogP contribution is 2.36. The van der Waals surface area contributed by atoms with Gasteiger partial charge in [-0.2, -0.15) is 0 Å². The van der Waals surface area contributed by atoms with Crippen LogP contribution in [0.4, 0.5) is 0 Å². The minimum Gasteiger partial charge on any atom is -0.343 e. The standard InChI is InChI=1S/C32H43N5O4/c1-22(2)20-27(38)34-26-21-36(29(39)23(3)33-4)19-17-32(16-11-18-37(32)30(26)40)31(41)35-28(24-12-7-5-8-13-24)25-14-9-6-10-15-25/h5-10,12-15,22-23,26,28,33H,11,16-21H2,1-4H3,(H,34,38)(H,35,41)/t23-,26+,32+/m0/s1. The second-order valence-electron chi connectivity index (χ2n) is 11.6. The lowest BCUT2D eigenvalue weighted by molar-refractivity contribution is -0.152. The molecule has 3 atom stereocenters. The molecule has 2 heterocycles. The van der Waals surface area contributed by atoms with Gasteiger partial charge in [-0.25, -0.2) is 0 Å². The van der Waals surface area contributed by atoms with Gasteiger partial charge in [0.2, 0.25) is 23.6 Å². The van der Waals surface area contributed by atoms with Gasteiger partial charge in [-0.1, -0.05) is 74.5 Å². The summed E-state index contributed by atoms with van der Waals surface area (Å²) in [5, 5.41) is 9.15. The monoisotopic (exact) mass is 561 g/mol. The van der Waals surface area contributed by atoms with Crippen LogP contribution in [-0.4, -0.2) is 77.7 Å². The molecule has 0 spiro atoms. The van der Waals surface area contributed by atoms with Gasteiger partial charge in [-0.3, -0.25) is 19.2 Å². The van der Waals surface area contributed by atoms with Crippen molar-refractivity contribution in [3.05, 3.63) is 71.8 Å². The van der Waals surface area contributed by atoms with Crippen LogP contribution in [0.3, 0.4) is 0 Å². The molecule has 0 saturated carbocycles. The van der Waals surface area contributed by atoms with Crippen LogP contribution >= 0.6 is 0 Å². The molecule has 41 heavy (non-hydrogen) atoms. The van der Waals surface area contributed by atoms with Crippen LogP contribution in [-0.2, 0) is 19.2 Å². The first kappa shape index (κ1) is 30.2. The maximum Gasteiger partial charge on any atom is 0.247 e. The first-order valence-electron chi connectivity index (χ1n) is 14.6. The van der Waals surface area contributed by atoms with E-state index >= 15 is 0 Å². The normalized spacial score (nSPS) is 21.7. The van der Waals surface area contributed by atoms with E-state index in [0.717, 1.165) is 11.1 Å². The molecule has 0 radical (unpaired) electrons. The zero-order valence-corrected chi connectivity index (χ0v) is 24.6. The Kier molecular flexibility index (Phi) is 9.81. The van der Waals surface area contributed by atoms with Crippen molar-refractivity contribution in [1.82, 2.24) is 25.8 Å². The van der Waals surface area contributed by atoms with Crippen molar-refractivity contribution in [1.29, 1.82) is 0 Å². The van der Waals surface area contributed by atoms with Crippen LogP contribution in [0.2, 0.25) is 0 Å². The Bertz CT molecular complexity index is 1180. The predicted octanol–water partition coefficient (Wildman–Crippen LogP) is 2.62. The molecule has 4 rings (SSSR count). The van der Waals surface area contributed by atoms with E-state index in [0.29, 0.717) is 32.4 Å². The highest BCUT2D eigenvalue weighted by Gasteiger charge is 2.53. The van der Waals surface area contributed by atoms with Gasteiger partial charge < -0.3 is 25.8 Å². The van der Waals surface area contributed by atoms with Gasteiger partial charge in [0.05, 0.1) is 12.1 Å². The fourth-order valence-corrected chi connectivity index (χ4v) is 5.95. The molecule has 4 amide bonds. The van der Waals surface area contributed by atoms with Crippen LogP contribution < -0.4 is 16.0 Å². The number of rotatable bonds is 9. The zero-order chi connectivity index (χ0) is 29.6. The predicted molar refractivity (Wildman–Crippen MR) is 158 cm³/mol. The van der Waals surface area contributed by atoms with Gasteiger partial charge in [-0.05, 0) is 50.3 Å². The maximum atomic E-state index is 14.4. The average Bonchev–Trinajstić information content (AvgIpc) is 3.40. The second kappa shape index (κ2) is 13.3. The first-order valence-corrected chi connectivity index (χ1v) is 14.6. The summed E-state index contributed by atoms with van der Waals surface area (Å²) in [6, 6.07) is 17.7. The van der Waals surface area contributed by atoms with Crippen LogP contribution in [0.15, 0.2) is 60.7 Å². The molecule has 2 saturated heterocycles. The largest absolute Gasteiger partial charge is 0.343 e. The van der Waals surface area contributed by atoms with E-state index in [-0.39, 0.29) is 42.5 Å². The van der Waals surface area contributed by atoms with Crippen LogP contribution in [0, 0.1) is 5.92 Å². The first-order chi connectivity index (χ1) is 19.7. The van der Waals surface area contributed by atoms with E-state index < -0.39 is 23.7 Å². The minimum atomic E-state index is -1.14. The lowest BCUT2D eigenvalue weighted by Gasteiger charge is -2.44. The quantitative estimate of drug-likeness (QED) is 0.436. The summed E-state index contributed by atoms with van der Waals surface area (Å²) < 4.78 is 0. The fraction of sp³-hybridized carbons (Fsp3) is 0.500. The minimum absolute atomic E-state index is 0.0678. The van der Waals surface area contributed by atoms with Gasteiger partial charge >= 0.3 is 0 Å². The van der Waals surface area contributed by atoms with E-state index in [1.165, 1.54) is 0 Å². The Morgan fingerprint density at radius 1 is 0.927 bits per heavy atom. The number of hydrogen-bond acceptors (Lipinski definition) is 5. The SMILES string of the molecule is CN[C@@H](C)C(=O)N1CC[C@@]2(C(=O)NC(c3ccccc3)c3ccccc3)CCCN2C(=O)[C@H](NC(=O)CC(C)C)C1. The fourth-order valence-electron chi connectivity index (χ4n) is 5.95. The molecule has 9 nitrogen and oxygen atoms in total. The molecular weight excluding hydrogens is 518 g/mol. The molecule has 2 fully saturated rings. The number of likely N-dealkylation sites (N-methyl/N-ethyl adjacent to an activating group) is 1. The molecule has 0 unspecified atom stereocenters. The third-order valence-electron chi connectivity index (χ3n) is 8.26. The van der Waals surface area contributed by atoms with E-state index in [9.17, 15) is 19.2 Å². The van der Waals surface area contributed by atoms with Crippen molar-refractivity contribution >= 4 is 23.6 Å². The lowest BCUT2D eigenvalue weighted by atomic mass is 9.87. The average molecular weight is 562 g/mol. The summed E-state index contributed by atoms with van der Waals surface area (Å²) in [6.45, 7) is 6.43. The van der Waals surface area contributed by atoms with Gasteiger partial charge in [0, 0.05) is 26.1 Å². The second-order valence-corrected chi connectivity index (χ2v) is 11.6. The number of benzene rings is 2. The number of hydrogen-bond donors (Lipinski definition) is 3. The van der Waals surface area contributed by atoms with Crippen LogP contribution in [0.25, 0.3) is 0 Å². The number of amides is 4. The molecule has 2 aliphatic rings. The highest BCUT2D eigenvalue weighted by atomic mass is 16.2. The number of nitrogens with zero attached hydrogens (tertiary/aromatic N) is 2. The summed E-state index contributed by atoms with van der Waals surface area (Å²) >= 11 is 0. The Morgan fingerprint density at radius 2 is 1.54 bits per heavy atom. The number of carbonyl (C=O) groups is 4. The maximum absolute atomic E-state index is 14.4. The molecule has 3 N–H and O–H groups in total. The number of fused-ring (bicyclic) bond motifs is 1. The zero-order valence-electron chi connectivity index (χ0n) is 24.6.